The lowest BCUT2D eigenvalue weighted by molar-refractivity contribution is 0.609. The molecule has 0 heterocycles. The summed E-state index contributed by atoms with van der Waals surface area (Å²) in [5.41, 5.74) is 0.957. The zero-order valence-electron chi connectivity index (χ0n) is 7.44. The lowest BCUT2D eigenvalue weighted by Crippen LogP contribution is -1.98. The lowest BCUT2D eigenvalue weighted by Gasteiger charge is -2.08. The van der Waals surface area contributed by atoms with Crippen LogP contribution >= 0.6 is 33.9 Å². The molecule has 1 rings (SSSR count). The first kappa shape index (κ1) is 12.1. The third-order valence-electron chi connectivity index (χ3n) is 1.83. The number of hydrogen-bond acceptors (Lipinski definition) is 2. The number of rotatable bonds is 1. The zero-order chi connectivity index (χ0) is 11.1. The van der Waals surface area contributed by atoms with Gasteiger partial charge in [0.2, 0.25) is 0 Å². The van der Waals surface area contributed by atoms with E-state index in [1.54, 1.807) is 13.8 Å². The quantitative estimate of drug-likeness (QED) is 0.734. The maximum atomic E-state index is 11.2. The fourth-order valence-corrected chi connectivity index (χ4v) is 3.50. The molecule has 0 unspecified atom stereocenters. The highest BCUT2D eigenvalue weighted by atomic mass is 35.7. The first-order chi connectivity index (χ1) is 6.25. The summed E-state index contributed by atoms with van der Waals surface area (Å²) in [4.78, 5) is -0.0669. The molecule has 0 aliphatic carbocycles. The van der Waals surface area contributed by atoms with Gasteiger partial charge in [-0.25, -0.2) is 8.42 Å². The van der Waals surface area contributed by atoms with Crippen molar-refractivity contribution in [1.82, 2.24) is 0 Å². The molecule has 78 valence electrons. The molecule has 0 spiro atoms. The highest BCUT2D eigenvalue weighted by Crippen LogP contribution is 2.34. The maximum absolute atomic E-state index is 11.2. The Kier molecular flexibility index (Phi) is 3.37. The Morgan fingerprint density at radius 2 is 1.71 bits per heavy atom. The maximum Gasteiger partial charge on any atom is 0.263 e. The molecule has 0 bridgehead atoms. The monoisotopic (exact) mass is 272 g/mol. The number of halogens is 3. The highest BCUT2D eigenvalue weighted by Gasteiger charge is 2.20. The fourth-order valence-electron chi connectivity index (χ4n) is 1.11. The summed E-state index contributed by atoms with van der Waals surface area (Å²) in [6.07, 6.45) is 0. The van der Waals surface area contributed by atoms with E-state index in [9.17, 15) is 8.42 Å². The standard InChI is InChI=1S/C8H7Cl3O2S/c1-4-3-6(9)5(2)7(10)8(4)14(11,12)13/h3H,1-2H3. The van der Waals surface area contributed by atoms with Crippen molar-refractivity contribution < 1.29 is 8.42 Å². The molecule has 2 nitrogen and oxygen atoms in total. The molecule has 0 atom stereocenters. The number of hydrogen-bond donors (Lipinski definition) is 0. The molecule has 0 saturated carbocycles. The van der Waals surface area contributed by atoms with Crippen LogP contribution in [0.1, 0.15) is 11.1 Å². The molecule has 0 saturated heterocycles. The summed E-state index contributed by atoms with van der Waals surface area (Å²) in [5, 5.41) is 0.515. The van der Waals surface area contributed by atoms with Gasteiger partial charge in [0.05, 0.1) is 5.02 Å². The van der Waals surface area contributed by atoms with E-state index in [4.69, 9.17) is 33.9 Å². The summed E-state index contributed by atoms with van der Waals surface area (Å²) in [6.45, 7) is 3.22. The summed E-state index contributed by atoms with van der Waals surface area (Å²) < 4.78 is 22.4. The van der Waals surface area contributed by atoms with E-state index in [-0.39, 0.29) is 9.92 Å². The van der Waals surface area contributed by atoms with Crippen molar-refractivity contribution in [2.24, 2.45) is 0 Å². The van der Waals surface area contributed by atoms with Crippen molar-refractivity contribution in [2.45, 2.75) is 18.7 Å². The van der Waals surface area contributed by atoms with Crippen molar-refractivity contribution in [1.29, 1.82) is 0 Å². The number of aryl methyl sites for hydroxylation is 1. The average molecular weight is 274 g/mol. The summed E-state index contributed by atoms with van der Waals surface area (Å²) in [5.74, 6) is 0. The van der Waals surface area contributed by atoms with Crippen LogP contribution in [0, 0.1) is 13.8 Å². The first-order valence-electron chi connectivity index (χ1n) is 3.65. The third kappa shape index (κ3) is 2.16. The van der Waals surface area contributed by atoms with Crippen LogP contribution in [-0.4, -0.2) is 8.42 Å². The first-order valence-corrected chi connectivity index (χ1v) is 6.71. The van der Waals surface area contributed by atoms with E-state index >= 15 is 0 Å². The van der Waals surface area contributed by atoms with E-state index < -0.39 is 9.05 Å². The zero-order valence-corrected chi connectivity index (χ0v) is 10.5. The minimum atomic E-state index is -3.82. The van der Waals surface area contributed by atoms with Gasteiger partial charge in [0.25, 0.3) is 9.05 Å². The SMILES string of the molecule is Cc1cc(Cl)c(C)c(Cl)c1S(=O)(=O)Cl. The Balaban J connectivity index is 3.70. The van der Waals surface area contributed by atoms with Crippen LogP contribution in [0.3, 0.4) is 0 Å². The molecule has 1 aromatic carbocycles. The Labute approximate surface area is 97.2 Å². The van der Waals surface area contributed by atoms with Crippen molar-refractivity contribution >= 4 is 42.9 Å². The van der Waals surface area contributed by atoms with Gasteiger partial charge in [-0.1, -0.05) is 23.2 Å². The van der Waals surface area contributed by atoms with Crippen LogP contribution in [0.4, 0.5) is 0 Å². The predicted molar refractivity (Wildman–Crippen MR) is 59.0 cm³/mol. The Hall–Kier alpha value is 0.0400. The fraction of sp³-hybridized carbons (Fsp3) is 0.250. The van der Waals surface area contributed by atoms with Crippen LogP contribution < -0.4 is 0 Å². The molecule has 14 heavy (non-hydrogen) atoms. The van der Waals surface area contributed by atoms with Gasteiger partial charge in [0.15, 0.2) is 0 Å². The van der Waals surface area contributed by atoms with E-state index in [1.807, 2.05) is 0 Å². The predicted octanol–water partition coefficient (Wildman–Crippen LogP) is 3.54. The molecule has 0 radical (unpaired) electrons. The second-order valence-corrected chi connectivity index (χ2v) is 6.17. The van der Waals surface area contributed by atoms with Gasteiger partial charge < -0.3 is 0 Å². The van der Waals surface area contributed by atoms with Crippen molar-refractivity contribution in [2.75, 3.05) is 0 Å². The van der Waals surface area contributed by atoms with Gasteiger partial charge >= 0.3 is 0 Å². The van der Waals surface area contributed by atoms with Gasteiger partial charge in [0, 0.05) is 15.7 Å². The lowest BCUT2D eigenvalue weighted by atomic mass is 10.2. The smallest absolute Gasteiger partial charge is 0.207 e. The molecule has 6 heteroatoms. The van der Waals surface area contributed by atoms with Crippen LogP contribution in [0.5, 0.6) is 0 Å². The molecule has 0 amide bonds. The van der Waals surface area contributed by atoms with Crippen LogP contribution in [0.15, 0.2) is 11.0 Å². The van der Waals surface area contributed by atoms with E-state index in [0.29, 0.717) is 16.1 Å². The van der Waals surface area contributed by atoms with Gasteiger partial charge in [-0.2, -0.15) is 0 Å². The van der Waals surface area contributed by atoms with E-state index in [0.717, 1.165) is 0 Å². The minimum Gasteiger partial charge on any atom is -0.207 e. The van der Waals surface area contributed by atoms with Gasteiger partial charge in [-0.05, 0) is 31.0 Å². The van der Waals surface area contributed by atoms with E-state index in [2.05, 4.69) is 0 Å². The largest absolute Gasteiger partial charge is 0.263 e. The van der Waals surface area contributed by atoms with Crippen molar-refractivity contribution in [3.8, 4) is 0 Å². The van der Waals surface area contributed by atoms with Gasteiger partial charge in [-0.15, -0.1) is 0 Å². The molecule has 1 aromatic rings. The normalized spacial score (nSPS) is 11.8. The highest BCUT2D eigenvalue weighted by molar-refractivity contribution is 8.13. The molecule has 0 N–H and O–H groups in total. The molecule has 0 aromatic heterocycles. The second kappa shape index (κ2) is 3.89. The summed E-state index contributed by atoms with van der Waals surface area (Å²) in [7, 11) is 1.42. The third-order valence-corrected chi connectivity index (χ3v) is 4.29. The van der Waals surface area contributed by atoms with Crippen molar-refractivity contribution in [3.63, 3.8) is 0 Å². The molecule has 0 fully saturated rings. The van der Waals surface area contributed by atoms with Crippen LogP contribution in [0.25, 0.3) is 0 Å². The van der Waals surface area contributed by atoms with E-state index in [1.165, 1.54) is 6.07 Å². The number of benzene rings is 1. The van der Waals surface area contributed by atoms with Crippen LogP contribution in [0.2, 0.25) is 10.0 Å². The summed E-state index contributed by atoms with van der Waals surface area (Å²) >= 11 is 11.7. The minimum absolute atomic E-state index is 0.0669. The second-order valence-electron chi connectivity index (χ2n) is 2.88. The van der Waals surface area contributed by atoms with Gasteiger partial charge in [-0.3, -0.25) is 0 Å². The molecule has 0 aliphatic heterocycles. The van der Waals surface area contributed by atoms with Crippen molar-refractivity contribution in [3.05, 3.63) is 27.2 Å². The topological polar surface area (TPSA) is 34.1 Å². The van der Waals surface area contributed by atoms with Crippen LogP contribution in [-0.2, 0) is 9.05 Å². The summed E-state index contributed by atoms with van der Waals surface area (Å²) in [6, 6.07) is 1.53. The Morgan fingerprint density at radius 3 is 2.14 bits per heavy atom. The Bertz CT molecular complexity index is 480. The Morgan fingerprint density at radius 1 is 1.21 bits per heavy atom. The molecular weight excluding hydrogens is 267 g/mol. The average Bonchev–Trinajstić information content (AvgIpc) is 1.97. The van der Waals surface area contributed by atoms with Gasteiger partial charge in [0.1, 0.15) is 4.90 Å². The molecule has 0 aliphatic rings. The molecular formula is C8H7Cl3O2S.